The Balaban J connectivity index is 2.53. The van der Waals surface area contributed by atoms with Crippen molar-refractivity contribution in [3.8, 4) is 0 Å². The Hall–Kier alpha value is -1.83. The van der Waals surface area contributed by atoms with Gasteiger partial charge in [-0.1, -0.05) is 12.1 Å². The van der Waals surface area contributed by atoms with Crippen molar-refractivity contribution >= 4 is 22.8 Å². The van der Waals surface area contributed by atoms with Gasteiger partial charge in [0.15, 0.2) is 0 Å². The SMILES string of the molecule is CC1=NC=Cc2cccc3occ1c23. The average molecular weight is 183 g/mol. The highest BCUT2D eigenvalue weighted by atomic mass is 16.3. The van der Waals surface area contributed by atoms with E-state index in [4.69, 9.17) is 4.42 Å². The van der Waals surface area contributed by atoms with Crippen LogP contribution in [0.1, 0.15) is 18.1 Å². The minimum atomic E-state index is 0.929. The van der Waals surface area contributed by atoms with Crippen LogP contribution in [-0.4, -0.2) is 5.71 Å². The molecule has 0 bridgehead atoms. The predicted molar refractivity (Wildman–Crippen MR) is 57.5 cm³/mol. The van der Waals surface area contributed by atoms with E-state index in [2.05, 4.69) is 11.1 Å². The molecule has 1 aromatic carbocycles. The van der Waals surface area contributed by atoms with Crippen LogP contribution in [0.15, 0.2) is 40.1 Å². The van der Waals surface area contributed by atoms with Gasteiger partial charge < -0.3 is 4.42 Å². The van der Waals surface area contributed by atoms with Crippen molar-refractivity contribution in [2.45, 2.75) is 6.92 Å². The third kappa shape index (κ3) is 0.880. The Labute approximate surface area is 81.6 Å². The molecule has 0 saturated carbocycles. The number of benzene rings is 1. The molecule has 2 heterocycles. The van der Waals surface area contributed by atoms with Crippen molar-refractivity contribution in [3.63, 3.8) is 0 Å². The van der Waals surface area contributed by atoms with Gasteiger partial charge in [-0.05, 0) is 24.6 Å². The predicted octanol–water partition coefficient (Wildman–Crippen LogP) is 3.23. The molecule has 0 atom stereocenters. The highest BCUT2D eigenvalue weighted by molar-refractivity contribution is 6.12. The molecule has 1 aliphatic heterocycles. The highest BCUT2D eigenvalue weighted by Crippen LogP contribution is 2.28. The number of nitrogens with zero attached hydrogens (tertiary/aromatic N) is 1. The molecule has 2 heteroatoms. The largest absolute Gasteiger partial charge is 0.464 e. The second-order valence-corrected chi connectivity index (χ2v) is 3.40. The van der Waals surface area contributed by atoms with Gasteiger partial charge in [0.1, 0.15) is 11.8 Å². The van der Waals surface area contributed by atoms with E-state index in [9.17, 15) is 0 Å². The first kappa shape index (κ1) is 7.56. The Kier molecular flexibility index (Phi) is 1.39. The van der Waals surface area contributed by atoms with E-state index >= 15 is 0 Å². The molecule has 0 fully saturated rings. The molecular weight excluding hydrogens is 174 g/mol. The van der Waals surface area contributed by atoms with Crippen molar-refractivity contribution < 1.29 is 4.42 Å². The van der Waals surface area contributed by atoms with Crippen molar-refractivity contribution in [2.24, 2.45) is 4.99 Å². The number of aliphatic imine (C=N–C) groups is 1. The summed E-state index contributed by atoms with van der Waals surface area (Å²) in [4.78, 5) is 4.31. The minimum Gasteiger partial charge on any atom is -0.464 e. The van der Waals surface area contributed by atoms with Crippen LogP contribution in [0.3, 0.4) is 0 Å². The monoisotopic (exact) mass is 183 g/mol. The Morgan fingerprint density at radius 1 is 1.29 bits per heavy atom. The van der Waals surface area contributed by atoms with Crippen LogP contribution >= 0.6 is 0 Å². The Morgan fingerprint density at radius 3 is 3.14 bits per heavy atom. The quantitative estimate of drug-likeness (QED) is 0.615. The van der Waals surface area contributed by atoms with Crippen LogP contribution in [0.4, 0.5) is 0 Å². The van der Waals surface area contributed by atoms with E-state index in [1.165, 1.54) is 10.9 Å². The zero-order valence-corrected chi connectivity index (χ0v) is 7.82. The first-order valence-corrected chi connectivity index (χ1v) is 4.58. The molecule has 1 aliphatic rings. The molecule has 2 nitrogen and oxygen atoms in total. The summed E-state index contributed by atoms with van der Waals surface area (Å²) in [6, 6.07) is 6.05. The lowest BCUT2D eigenvalue weighted by atomic mass is 10.0. The molecule has 1 aromatic heterocycles. The molecule has 0 unspecified atom stereocenters. The summed E-state index contributed by atoms with van der Waals surface area (Å²) in [5, 5.41) is 1.17. The van der Waals surface area contributed by atoms with E-state index in [0.29, 0.717) is 0 Å². The molecule has 68 valence electrons. The van der Waals surface area contributed by atoms with Gasteiger partial charge in [0.2, 0.25) is 0 Å². The van der Waals surface area contributed by atoms with Gasteiger partial charge in [-0.25, -0.2) is 0 Å². The van der Waals surface area contributed by atoms with E-state index in [-0.39, 0.29) is 0 Å². The second-order valence-electron chi connectivity index (χ2n) is 3.40. The van der Waals surface area contributed by atoms with Crippen LogP contribution in [-0.2, 0) is 0 Å². The summed E-state index contributed by atoms with van der Waals surface area (Å²) in [5.41, 5.74) is 4.20. The highest BCUT2D eigenvalue weighted by Gasteiger charge is 2.12. The summed E-state index contributed by atoms with van der Waals surface area (Å²) < 4.78 is 5.47. The Bertz CT molecular complexity index is 561. The third-order valence-corrected chi connectivity index (χ3v) is 2.54. The zero-order chi connectivity index (χ0) is 9.54. The second kappa shape index (κ2) is 2.58. The fourth-order valence-corrected chi connectivity index (χ4v) is 1.82. The molecule has 2 aromatic rings. The standard InChI is InChI=1S/C12H9NO/c1-8-10-7-14-11-4-2-3-9(12(10)11)5-6-13-8/h2-7H,1H3. The normalized spacial score (nSPS) is 14.2. The van der Waals surface area contributed by atoms with Gasteiger partial charge in [0.25, 0.3) is 0 Å². The maximum Gasteiger partial charge on any atom is 0.135 e. The van der Waals surface area contributed by atoms with Crippen LogP contribution in [0, 0.1) is 0 Å². The zero-order valence-electron chi connectivity index (χ0n) is 7.82. The third-order valence-electron chi connectivity index (χ3n) is 2.54. The maximum atomic E-state index is 5.47. The fourth-order valence-electron chi connectivity index (χ4n) is 1.82. The maximum absolute atomic E-state index is 5.47. The average Bonchev–Trinajstić information content (AvgIpc) is 2.54. The minimum absolute atomic E-state index is 0.929. The molecule has 3 rings (SSSR count). The number of furan rings is 1. The van der Waals surface area contributed by atoms with Gasteiger partial charge >= 0.3 is 0 Å². The van der Waals surface area contributed by atoms with Gasteiger partial charge in [-0.2, -0.15) is 0 Å². The summed E-state index contributed by atoms with van der Waals surface area (Å²) in [5.74, 6) is 0. The first-order chi connectivity index (χ1) is 6.86. The summed E-state index contributed by atoms with van der Waals surface area (Å²) in [6.45, 7) is 2.00. The summed E-state index contributed by atoms with van der Waals surface area (Å²) in [7, 11) is 0. The topological polar surface area (TPSA) is 25.5 Å². The van der Waals surface area contributed by atoms with Crippen LogP contribution < -0.4 is 0 Å². The fraction of sp³-hybridized carbons (Fsp3) is 0.0833. The van der Waals surface area contributed by atoms with Gasteiger partial charge in [-0.15, -0.1) is 0 Å². The molecule has 0 amide bonds. The lowest BCUT2D eigenvalue weighted by Crippen LogP contribution is -1.90. The lowest BCUT2D eigenvalue weighted by molar-refractivity contribution is 0.615. The number of rotatable bonds is 0. The molecule has 0 saturated heterocycles. The summed E-state index contributed by atoms with van der Waals surface area (Å²) in [6.07, 6.45) is 5.63. The number of hydrogen-bond acceptors (Lipinski definition) is 2. The van der Waals surface area contributed by atoms with Crippen LogP contribution in [0.25, 0.3) is 17.0 Å². The van der Waals surface area contributed by atoms with Crippen molar-refractivity contribution in [3.05, 3.63) is 41.8 Å². The molecule has 0 aliphatic carbocycles. The van der Waals surface area contributed by atoms with E-state index in [1.54, 1.807) is 6.26 Å². The molecule has 0 N–H and O–H groups in total. The van der Waals surface area contributed by atoms with Crippen LogP contribution in [0.2, 0.25) is 0 Å². The van der Waals surface area contributed by atoms with Crippen molar-refractivity contribution in [2.75, 3.05) is 0 Å². The summed E-state index contributed by atoms with van der Waals surface area (Å²) >= 11 is 0. The van der Waals surface area contributed by atoms with Gasteiger partial charge in [0.05, 0.1) is 0 Å². The van der Waals surface area contributed by atoms with Crippen molar-refractivity contribution in [1.29, 1.82) is 0 Å². The Morgan fingerprint density at radius 2 is 2.21 bits per heavy atom. The molecular formula is C12H9NO. The van der Waals surface area contributed by atoms with Gasteiger partial charge in [0, 0.05) is 22.9 Å². The smallest absolute Gasteiger partial charge is 0.135 e. The first-order valence-electron chi connectivity index (χ1n) is 4.58. The number of hydrogen-bond donors (Lipinski definition) is 0. The van der Waals surface area contributed by atoms with E-state index in [0.717, 1.165) is 16.9 Å². The van der Waals surface area contributed by atoms with E-state index in [1.807, 2.05) is 31.3 Å². The lowest BCUT2D eigenvalue weighted by Gasteiger charge is -1.96. The molecule has 0 spiro atoms. The van der Waals surface area contributed by atoms with Crippen LogP contribution in [0.5, 0.6) is 0 Å². The van der Waals surface area contributed by atoms with Gasteiger partial charge in [-0.3, -0.25) is 4.99 Å². The van der Waals surface area contributed by atoms with Crippen molar-refractivity contribution in [1.82, 2.24) is 0 Å². The molecule has 0 radical (unpaired) electrons. The molecule has 14 heavy (non-hydrogen) atoms. The van der Waals surface area contributed by atoms with E-state index < -0.39 is 0 Å².